The molecule has 0 radical (unpaired) electrons. The third-order valence-electron chi connectivity index (χ3n) is 4.23. The maximum atomic E-state index is 12.5. The van der Waals surface area contributed by atoms with Crippen LogP contribution in [0.4, 0.5) is 14.7 Å². The smallest absolute Gasteiger partial charge is 0.272 e. The van der Waals surface area contributed by atoms with E-state index in [0.717, 1.165) is 12.8 Å². The second kappa shape index (κ2) is 9.13. The fourth-order valence-corrected chi connectivity index (χ4v) is 2.89. The Morgan fingerprint density at radius 1 is 1.31 bits per heavy atom. The van der Waals surface area contributed by atoms with Crippen LogP contribution in [0.15, 0.2) is 30.5 Å². The number of benzene rings is 1. The molecule has 29 heavy (non-hydrogen) atoms. The molecule has 0 saturated heterocycles. The van der Waals surface area contributed by atoms with Crippen molar-refractivity contribution in [2.75, 3.05) is 11.9 Å². The molecule has 2 aromatic rings. The Morgan fingerprint density at radius 2 is 2.07 bits per heavy atom. The third-order valence-corrected chi connectivity index (χ3v) is 4.56. The summed E-state index contributed by atoms with van der Waals surface area (Å²) in [4.78, 5) is 32.3. The minimum atomic E-state index is -2.58. The Bertz CT molecular complexity index is 909. The van der Waals surface area contributed by atoms with Gasteiger partial charge in [-0.15, -0.1) is 0 Å². The first-order valence-corrected chi connectivity index (χ1v) is 9.36. The molecule has 1 aromatic heterocycles. The van der Waals surface area contributed by atoms with Crippen molar-refractivity contribution in [1.82, 2.24) is 15.3 Å². The van der Waals surface area contributed by atoms with Crippen LogP contribution in [-0.4, -0.2) is 34.8 Å². The van der Waals surface area contributed by atoms with E-state index in [1.54, 1.807) is 13.0 Å². The predicted octanol–water partition coefficient (Wildman–Crippen LogP) is 3.61. The van der Waals surface area contributed by atoms with E-state index in [4.69, 9.17) is 16.3 Å². The highest BCUT2D eigenvalue weighted by atomic mass is 35.5. The first-order valence-electron chi connectivity index (χ1n) is 8.98. The maximum Gasteiger partial charge on any atom is 0.272 e. The summed E-state index contributed by atoms with van der Waals surface area (Å²) in [5.41, 5.74) is 0.673. The molecule has 1 aliphatic carbocycles. The monoisotopic (exact) mass is 424 g/mol. The number of nitrogens with one attached hydrogen (secondary N) is 2. The Labute approximate surface area is 170 Å². The van der Waals surface area contributed by atoms with Crippen molar-refractivity contribution in [3.8, 4) is 5.75 Å². The number of anilines is 1. The lowest BCUT2D eigenvalue weighted by Crippen LogP contribution is -2.28. The molecule has 1 saturated carbocycles. The molecule has 1 fully saturated rings. The lowest BCUT2D eigenvalue weighted by atomic mass is 10.1. The fraction of sp³-hybridized carbons (Fsp3) is 0.368. The number of alkyl halides is 2. The van der Waals surface area contributed by atoms with E-state index in [0.29, 0.717) is 5.56 Å². The van der Waals surface area contributed by atoms with Crippen LogP contribution in [0.1, 0.15) is 41.9 Å². The predicted molar refractivity (Wildman–Crippen MR) is 102 cm³/mol. The van der Waals surface area contributed by atoms with E-state index in [2.05, 4.69) is 20.6 Å². The molecule has 1 atom stereocenters. The molecular weight excluding hydrogens is 406 g/mol. The molecule has 3 rings (SSSR count). The van der Waals surface area contributed by atoms with Crippen molar-refractivity contribution in [2.24, 2.45) is 5.92 Å². The lowest BCUT2D eigenvalue weighted by molar-refractivity contribution is -0.117. The van der Waals surface area contributed by atoms with E-state index in [1.807, 2.05) is 0 Å². The number of carbonyl (C=O) groups is 2. The van der Waals surface area contributed by atoms with Crippen LogP contribution in [0.2, 0.25) is 5.02 Å². The van der Waals surface area contributed by atoms with Crippen LogP contribution < -0.4 is 15.4 Å². The van der Waals surface area contributed by atoms with Gasteiger partial charge < -0.3 is 10.1 Å². The van der Waals surface area contributed by atoms with Crippen LogP contribution in [0.3, 0.4) is 0 Å². The zero-order valence-electron chi connectivity index (χ0n) is 15.5. The zero-order valence-corrected chi connectivity index (χ0v) is 16.2. The summed E-state index contributed by atoms with van der Waals surface area (Å²) in [5.74, 6) is -0.358. The number of halogens is 3. The SMILES string of the molecule is CC(NC(=O)c1ccnc(NC(=O)C2CC2)n1)c1ccc(OCC(F)F)cc1Cl. The van der Waals surface area contributed by atoms with Crippen LogP contribution in [0.5, 0.6) is 5.75 Å². The molecule has 2 amide bonds. The maximum absolute atomic E-state index is 12.5. The van der Waals surface area contributed by atoms with Gasteiger partial charge in [-0.05, 0) is 43.5 Å². The van der Waals surface area contributed by atoms with Gasteiger partial charge in [0.1, 0.15) is 18.1 Å². The quantitative estimate of drug-likeness (QED) is 0.675. The number of ether oxygens (including phenoxy) is 1. The number of rotatable bonds is 8. The van der Waals surface area contributed by atoms with Gasteiger partial charge in [-0.1, -0.05) is 17.7 Å². The molecule has 10 heteroatoms. The summed E-state index contributed by atoms with van der Waals surface area (Å²) in [6, 6.07) is 5.45. The second-order valence-electron chi connectivity index (χ2n) is 6.61. The highest BCUT2D eigenvalue weighted by Crippen LogP contribution is 2.30. The standard InChI is InChI=1S/C19H19ClF2N4O3/c1-10(13-5-4-12(8-14(13)20)29-9-16(21)22)24-18(28)15-6-7-23-19(25-15)26-17(27)11-2-3-11/h4-8,10-11,16H,2-3,9H2,1H3,(H,24,28)(H,23,25,26,27). The van der Waals surface area contributed by atoms with Crippen molar-refractivity contribution in [2.45, 2.75) is 32.2 Å². The average molecular weight is 425 g/mol. The Hall–Kier alpha value is -2.81. The lowest BCUT2D eigenvalue weighted by Gasteiger charge is -2.16. The normalized spacial score (nSPS) is 14.4. The molecule has 2 N–H and O–H groups in total. The minimum absolute atomic E-state index is 0.00843. The van der Waals surface area contributed by atoms with E-state index < -0.39 is 25.0 Å². The molecule has 1 unspecified atom stereocenters. The summed E-state index contributed by atoms with van der Waals surface area (Å²) in [7, 11) is 0. The average Bonchev–Trinajstić information content (AvgIpc) is 3.52. The van der Waals surface area contributed by atoms with Crippen LogP contribution >= 0.6 is 11.6 Å². The van der Waals surface area contributed by atoms with E-state index in [9.17, 15) is 18.4 Å². The topological polar surface area (TPSA) is 93.2 Å². The van der Waals surface area contributed by atoms with Gasteiger partial charge in [0.05, 0.1) is 6.04 Å². The first-order chi connectivity index (χ1) is 13.8. The summed E-state index contributed by atoms with van der Waals surface area (Å²) in [6.07, 6.45) is 0.488. The molecule has 154 valence electrons. The number of nitrogens with zero attached hydrogens (tertiary/aromatic N) is 2. The van der Waals surface area contributed by atoms with Gasteiger partial charge in [0, 0.05) is 17.1 Å². The summed E-state index contributed by atoms with van der Waals surface area (Å²) >= 11 is 6.20. The Morgan fingerprint density at radius 3 is 2.72 bits per heavy atom. The molecular formula is C19H19ClF2N4O3. The van der Waals surface area contributed by atoms with Crippen molar-refractivity contribution in [1.29, 1.82) is 0 Å². The van der Waals surface area contributed by atoms with Gasteiger partial charge >= 0.3 is 0 Å². The summed E-state index contributed by atoms with van der Waals surface area (Å²) in [6.45, 7) is 0.991. The third kappa shape index (κ3) is 5.83. The van der Waals surface area contributed by atoms with Crippen molar-refractivity contribution < 1.29 is 23.1 Å². The number of amides is 2. The van der Waals surface area contributed by atoms with Crippen molar-refractivity contribution >= 4 is 29.4 Å². The van der Waals surface area contributed by atoms with Gasteiger partial charge in [-0.3, -0.25) is 14.9 Å². The van der Waals surface area contributed by atoms with E-state index in [-0.39, 0.29) is 34.2 Å². The fourth-order valence-electron chi connectivity index (χ4n) is 2.56. The van der Waals surface area contributed by atoms with Crippen molar-refractivity contribution in [3.05, 3.63) is 46.7 Å². The highest BCUT2D eigenvalue weighted by molar-refractivity contribution is 6.31. The van der Waals surface area contributed by atoms with Crippen LogP contribution in [0.25, 0.3) is 0 Å². The van der Waals surface area contributed by atoms with E-state index >= 15 is 0 Å². The molecule has 0 aliphatic heterocycles. The van der Waals surface area contributed by atoms with Gasteiger partial charge in [0.2, 0.25) is 11.9 Å². The number of hydrogen-bond acceptors (Lipinski definition) is 5. The van der Waals surface area contributed by atoms with Gasteiger partial charge in [0.25, 0.3) is 12.3 Å². The highest BCUT2D eigenvalue weighted by Gasteiger charge is 2.30. The van der Waals surface area contributed by atoms with Gasteiger partial charge in [0.15, 0.2) is 0 Å². The summed E-state index contributed by atoms with van der Waals surface area (Å²) < 4.78 is 29.4. The van der Waals surface area contributed by atoms with Crippen molar-refractivity contribution in [3.63, 3.8) is 0 Å². The molecule has 0 spiro atoms. The number of aromatic nitrogens is 2. The van der Waals surface area contributed by atoms with Gasteiger partial charge in [-0.2, -0.15) is 0 Å². The molecule has 1 aromatic carbocycles. The molecule has 1 aliphatic rings. The van der Waals surface area contributed by atoms with Crippen LogP contribution in [-0.2, 0) is 4.79 Å². The molecule has 1 heterocycles. The minimum Gasteiger partial charge on any atom is -0.488 e. The number of hydrogen-bond donors (Lipinski definition) is 2. The molecule has 7 nitrogen and oxygen atoms in total. The summed E-state index contributed by atoms with van der Waals surface area (Å²) in [5, 5.41) is 5.61. The Kier molecular flexibility index (Phi) is 6.58. The van der Waals surface area contributed by atoms with E-state index in [1.165, 1.54) is 24.4 Å². The van der Waals surface area contributed by atoms with Crippen LogP contribution in [0, 0.1) is 5.92 Å². The largest absolute Gasteiger partial charge is 0.488 e. The first kappa shape index (κ1) is 20.9. The molecule has 0 bridgehead atoms. The number of carbonyl (C=O) groups excluding carboxylic acids is 2. The second-order valence-corrected chi connectivity index (χ2v) is 7.02. The Balaban J connectivity index is 1.63. The zero-order chi connectivity index (χ0) is 21.0. The van der Waals surface area contributed by atoms with Gasteiger partial charge in [-0.25, -0.2) is 18.7 Å².